The predicted molar refractivity (Wildman–Crippen MR) is 101 cm³/mol. The fourth-order valence-corrected chi connectivity index (χ4v) is 2.94. The Morgan fingerprint density at radius 3 is 2.00 bits per heavy atom. The van der Waals surface area contributed by atoms with Crippen LogP contribution in [-0.4, -0.2) is 5.71 Å². The van der Waals surface area contributed by atoms with Crippen LogP contribution in [0.1, 0.15) is 57.7 Å². The largest absolute Gasteiger partial charge is 0.281 e. The maximum Gasteiger partial charge on any atom is 0.132 e. The number of rotatable bonds is 7. The zero-order valence-electron chi connectivity index (χ0n) is 15.5. The highest BCUT2D eigenvalue weighted by Gasteiger charge is 2.19. The number of hydrogen-bond donors (Lipinski definition) is 0. The highest BCUT2D eigenvalue weighted by molar-refractivity contribution is 6.01. The summed E-state index contributed by atoms with van der Waals surface area (Å²) in [6, 6.07) is 13.1. The molecule has 0 fully saturated rings. The molecule has 0 aromatic heterocycles. The van der Waals surface area contributed by atoms with Crippen molar-refractivity contribution in [3.8, 4) is 0 Å². The minimum absolute atomic E-state index is 0.255. The first-order valence-electron chi connectivity index (χ1n) is 8.94. The molecule has 2 aromatic carbocycles. The smallest absolute Gasteiger partial charge is 0.132 e. The molecular weight excluding hydrogens is 316 g/mol. The first-order chi connectivity index (χ1) is 11.9. The Balaban J connectivity index is 2.51. The molecule has 0 aliphatic rings. The topological polar surface area (TPSA) is 12.4 Å². The van der Waals surface area contributed by atoms with E-state index in [0.29, 0.717) is 35.1 Å². The van der Waals surface area contributed by atoms with Crippen molar-refractivity contribution in [3.63, 3.8) is 0 Å². The molecule has 3 heteroatoms. The molecule has 2 aromatic rings. The lowest BCUT2D eigenvalue weighted by molar-refractivity contribution is 0.489. The molecule has 25 heavy (non-hydrogen) atoms. The van der Waals surface area contributed by atoms with Crippen LogP contribution in [0, 0.1) is 23.5 Å². The van der Waals surface area contributed by atoms with Gasteiger partial charge in [0.1, 0.15) is 11.6 Å². The van der Waals surface area contributed by atoms with E-state index in [1.54, 1.807) is 24.3 Å². The van der Waals surface area contributed by atoms with Gasteiger partial charge >= 0.3 is 0 Å². The Bertz CT molecular complexity index is 719. The first-order valence-corrected chi connectivity index (χ1v) is 8.94. The fraction of sp³-hybridized carbons (Fsp3) is 0.409. The van der Waals surface area contributed by atoms with Crippen LogP contribution in [-0.2, 0) is 0 Å². The van der Waals surface area contributed by atoms with Crippen LogP contribution in [0.25, 0.3) is 0 Å². The second-order valence-corrected chi connectivity index (χ2v) is 7.32. The monoisotopic (exact) mass is 343 g/mol. The normalized spacial score (nSPS) is 13.5. The van der Waals surface area contributed by atoms with Crippen LogP contribution in [0.2, 0.25) is 0 Å². The van der Waals surface area contributed by atoms with Crippen molar-refractivity contribution >= 4 is 5.71 Å². The zero-order valence-corrected chi connectivity index (χ0v) is 15.5. The summed E-state index contributed by atoms with van der Waals surface area (Å²) in [5.74, 6) is 0.154. The number of benzene rings is 2. The molecule has 0 aliphatic heterocycles. The Morgan fingerprint density at radius 1 is 0.840 bits per heavy atom. The van der Waals surface area contributed by atoms with E-state index >= 15 is 0 Å². The van der Waals surface area contributed by atoms with Crippen molar-refractivity contribution in [2.45, 2.75) is 46.6 Å². The molecular formula is C22H27F2N. The van der Waals surface area contributed by atoms with Crippen LogP contribution in [0.5, 0.6) is 0 Å². The average Bonchev–Trinajstić information content (AvgIpc) is 2.53. The van der Waals surface area contributed by atoms with Gasteiger partial charge < -0.3 is 0 Å². The SMILES string of the molecule is CC(C)CC(=NC(CC(C)C)c1ccccc1F)c1ccccc1F. The summed E-state index contributed by atoms with van der Waals surface area (Å²) in [6.07, 6.45) is 1.38. The summed E-state index contributed by atoms with van der Waals surface area (Å²) >= 11 is 0. The van der Waals surface area contributed by atoms with Crippen molar-refractivity contribution in [2.75, 3.05) is 0 Å². The van der Waals surface area contributed by atoms with E-state index in [1.165, 1.54) is 12.1 Å². The lowest BCUT2D eigenvalue weighted by Gasteiger charge is -2.20. The van der Waals surface area contributed by atoms with Crippen LogP contribution >= 0.6 is 0 Å². The number of hydrogen-bond acceptors (Lipinski definition) is 1. The quantitative estimate of drug-likeness (QED) is 0.503. The third-order valence-corrected chi connectivity index (χ3v) is 4.06. The molecule has 2 rings (SSSR count). The Hall–Kier alpha value is -2.03. The molecule has 1 nitrogen and oxygen atoms in total. The second-order valence-electron chi connectivity index (χ2n) is 7.32. The van der Waals surface area contributed by atoms with Gasteiger partial charge in [-0.1, -0.05) is 64.1 Å². The molecule has 0 saturated heterocycles. The molecule has 134 valence electrons. The Morgan fingerprint density at radius 2 is 1.44 bits per heavy atom. The number of nitrogens with zero attached hydrogens (tertiary/aromatic N) is 1. The minimum Gasteiger partial charge on any atom is -0.281 e. The maximum atomic E-state index is 14.3. The fourth-order valence-electron chi connectivity index (χ4n) is 2.94. The van der Waals surface area contributed by atoms with Crippen molar-refractivity contribution in [1.82, 2.24) is 0 Å². The van der Waals surface area contributed by atoms with Crippen molar-refractivity contribution in [2.24, 2.45) is 16.8 Å². The van der Waals surface area contributed by atoms with E-state index in [4.69, 9.17) is 4.99 Å². The number of aliphatic imine (C=N–C) groups is 1. The molecule has 0 amide bonds. The molecule has 0 heterocycles. The van der Waals surface area contributed by atoms with Gasteiger partial charge in [0.25, 0.3) is 0 Å². The van der Waals surface area contributed by atoms with Gasteiger partial charge in [-0.05, 0) is 36.8 Å². The molecule has 1 unspecified atom stereocenters. The third-order valence-electron chi connectivity index (χ3n) is 4.06. The van der Waals surface area contributed by atoms with Gasteiger partial charge in [-0.3, -0.25) is 4.99 Å². The van der Waals surface area contributed by atoms with Crippen LogP contribution in [0.4, 0.5) is 8.78 Å². The van der Waals surface area contributed by atoms with Gasteiger partial charge in [0.05, 0.1) is 6.04 Å². The third kappa shape index (κ3) is 5.48. The van der Waals surface area contributed by atoms with E-state index in [0.717, 1.165) is 6.42 Å². The summed E-state index contributed by atoms with van der Waals surface area (Å²) < 4.78 is 28.7. The molecule has 1 atom stereocenters. The highest BCUT2D eigenvalue weighted by atomic mass is 19.1. The van der Waals surface area contributed by atoms with Gasteiger partial charge in [-0.2, -0.15) is 0 Å². The predicted octanol–water partition coefficient (Wildman–Crippen LogP) is 6.59. The first kappa shape index (κ1) is 19.3. The zero-order chi connectivity index (χ0) is 18.4. The molecule has 0 radical (unpaired) electrons. The molecule has 0 N–H and O–H groups in total. The van der Waals surface area contributed by atoms with Crippen LogP contribution < -0.4 is 0 Å². The van der Waals surface area contributed by atoms with Gasteiger partial charge in [0.2, 0.25) is 0 Å². The van der Waals surface area contributed by atoms with Gasteiger partial charge in [-0.25, -0.2) is 8.78 Å². The lowest BCUT2D eigenvalue weighted by Crippen LogP contribution is -2.12. The highest BCUT2D eigenvalue weighted by Crippen LogP contribution is 2.29. The summed E-state index contributed by atoms with van der Waals surface area (Å²) in [4.78, 5) is 4.86. The number of halogens is 2. The van der Waals surface area contributed by atoms with Gasteiger partial charge in [0.15, 0.2) is 0 Å². The van der Waals surface area contributed by atoms with Crippen molar-refractivity contribution < 1.29 is 8.78 Å². The maximum absolute atomic E-state index is 14.3. The van der Waals surface area contributed by atoms with Crippen LogP contribution in [0.15, 0.2) is 53.5 Å². The lowest BCUT2D eigenvalue weighted by atomic mass is 9.95. The summed E-state index contributed by atoms with van der Waals surface area (Å²) in [6.45, 7) is 8.34. The van der Waals surface area contributed by atoms with Crippen molar-refractivity contribution in [1.29, 1.82) is 0 Å². The van der Waals surface area contributed by atoms with E-state index in [2.05, 4.69) is 27.7 Å². The summed E-state index contributed by atoms with van der Waals surface area (Å²) in [7, 11) is 0. The van der Waals surface area contributed by atoms with E-state index in [1.807, 2.05) is 12.1 Å². The van der Waals surface area contributed by atoms with Crippen LogP contribution in [0.3, 0.4) is 0 Å². The molecule has 0 aliphatic carbocycles. The van der Waals surface area contributed by atoms with Crippen molar-refractivity contribution in [3.05, 3.63) is 71.3 Å². The van der Waals surface area contributed by atoms with Gasteiger partial charge in [0, 0.05) is 16.8 Å². The summed E-state index contributed by atoms with van der Waals surface area (Å²) in [5.41, 5.74) is 1.80. The average molecular weight is 343 g/mol. The van der Waals surface area contributed by atoms with Gasteiger partial charge in [-0.15, -0.1) is 0 Å². The standard InChI is InChI=1S/C22H27F2N/c1-15(2)13-21(17-9-5-7-11-19(17)23)25-22(14-16(3)4)18-10-6-8-12-20(18)24/h5-12,15-16,21H,13-14H2,1-4H3. The molecule has 0 bridgehead atoms. The molecule has 0 spiro atoms. The minimum atomic E-state index is -0.311. The van der Waals surface area contributed by atoms with E-state index in [9.17, 15) is 8.78 Å². The van der Waals surface area contributed by atoms with E-state index < -0.39 is 0 Å². The second kappa shape index (κ2) is 8.89. The summed E-state index contributed by atoms with van der Waals surface area (Å²) in [5, 5.41) is 0. The molecule has 0 saturated carbocycles. The van der Waals surface area contributed by atoms with E-state index in [-0.39, 0.29) is 17.7 Å². The Kier molecular flexibility index (Phi) is 6.86. The Labute approximate surface area is 149 Å².